The zero-order chi connectivity index (χ0) is 25.9. The van der Waals surface area contributed by atoms with Gasteiger partial charge in [0.25, 0.3) is 0 Å². The third-order valence-electron chi connectivity index (χ3n) is 5.86. The Bertz CT molecular complexity index is 1100. The van der Waals surface area contributed by atoms with Gasteiger partial charge in [0.1, 0.15) is 5.60 Å². The number of aromatic nitrogens is 2. The van der Waals surface area contributed by atoms with Crippen molar-refractivity contribution in [2.24, 2.45) is 0 Å². The first kappa shape index (κ1) is 25.6. The number of rotatable bonds is 5. The summed E-state index contributed by atoms with van der Waals surface area (Å²) in [6.45, 7) is 10.2. The monoisotopic (exact) mass is 498 g/mol. The van der Waals surface area contributed by atoms with Crippen LogP contribution in [0.3, 0.4) is 0 Å². The van der Waals surface area contributed by atoms with Crippen LogP contribution in [0, 0.1) is 0 Å². The van der Waals surface area contributed by atoms with Gasteiger partial charge < -0.3 is 30.1 Å². The van der Waals surface area contributed by atoms with Gasteiger partial charge in [-0.05, 0) is 39.8 Å². The summed E-state index contributed by atoms with van der Waals surface area (Å²) in [6, 6.07) is 7.08. The zero-order valence-electron chi connectivity index (χ0n) is 21.2. The average Bonchev–Trinajstić information content (AvgIpc) is 3.26. The Morgan fingerprint density at radius 1 is 1.19 bits per heavy atom. The van der Waals surface area contributed by atoms with E-state index in [0.29, 0.717) is 44.5 Å². The molecule has 0 spiro atoms. The molecule has 0 bridgehead atoms. The van der Waals surface area contributed by atoms with Crippen molar-refractivity contribution < 1.29 is 24.2 Å². The quantitative estimate of drug-likeness (QED) is 0.574. The molecule has 194 valence electrons. The smallest absolute Gasteiger partial charge is 0.410 e. The van der Waals surface area contributed by atoms with Crippen molar-refractivity contribution in [3.63, 3.8) is 0 Å². The van der Waals surface area contributed by atoms with Crippen LogP contribution in [0.15, 0.2) is 24.3 Å². The van der Waals surface area contributed by atoms with Crippen molar-refractivity contribution in [1.82, 2.24) is 20.2 Å². The highest BCUT2D eigenvalue weighted by Gasteiger charge is 2.33. The Morgan fingerprint density at radius 2 is 1.94 bits per heavy atom. The van der Waals surface area contributed by atoms with E-state index in [1.165, 1.54) is 0 Å². The number of hydrogen-bond donors (Lipinski definition) is 3. The van der Waals surface area contributed by atoms with E-state index in [2.05, 4.69) is 22.5 Å². The predicted octanol–water partition coefficient (Wildman–Crippen LogP) is 2.73. The number of aliphatic hydroxyl groups excluding tert-OH is 1. The second-order valence-corrected chi connectivity index (χ2v) is 9.93. The molecule has 4 rings (SSSR count). The summed E-state index contributed by atoms with van der Waals surface area (Å²) in [7, 11) is 0. The van der Waals surface area contributed by atoms with Gasteiger partial charge in [0.2, 0.25) is 5.95 Å². The molecule has 1 fully saturated rings. The zero-order valence-corrected chi connectivity index (χ0v) is 21.2. The lowest BCUT2D eigenvalue weighted by Crippen LogP contribution is -2.44. The molecule has 11 nitrogen and oxygen atoms in total. The number of anilines is 2. The first-order valence-corrected chi connectivity index (χ1v) is 12.1. The van der Waals surface area contributed by atoms with Crippen LogP contribution in [0.1, 0.15) is 39.0 Å². The maximum absolute atomic E-state index is 12.8. The first-order chi connectivity index (χ1) is 17.1. The predicted molar refractivity (Wildman–Crippen MR) is 135 cm³/mol. The molecule has 2 aliphatic rings. The minimum Gasteiger partial charge on any atom is -0.444 e. The number of ether oxygens (including phenoxy) is 2. The van der Waals surface area contributed by atoms with Gasteiger partial charge >= 0.3 is 12.1 Å². The molecule has 3 N–H and O–H groups in total. The van der Waals surface area contributed by atoms with Gasteiger partial charge in [-0.1, -0.05) is 12.1 Å². The van der Waals surface area contributed by atoms with Crippen molar-refractivity contribution in [3.8, 4) is 11.3 Å². The molecule has 0 saturated carbocycles. The summed E-state index contributed by atoms with van der Waals surface area (Å²) in [6.07, 6.45) is -0.388. The molecule has 0 aliphatic carbocycles. The van der Waals surface area contributed by atoms with Crippen LogP contribution in [0.2, 0.25) is 0 Å². The second kappa shape index (κ2) is 10.7. The molecule has 2 aromatic rings. The number of nitrogens with one attached hydrogen (secondary N) is 2. The molecule has 11 heteroatoms. The van der Waals surface area contributed by atoms with E-state index in [1.54, 1.807) is 17.0 Å². The van der Waals surface area contributed by atoms with E-state index in [9.17, 15) is 9.59 Å². The Kier molecular flexibility index (Phi) is 7.60. The van der Waals surface area contributed by atoms with Crippen LogP contribution in [0.5, 0.6) is 0 Å². The van der Waals surface area contributed by atoms with Crippen LogP contribution >= 0.6 is 0 Å². The fourth-order valence-corrected chi connectivity index (χ4v) is 4.15. The summed E-state index contributed by atoms with van der Waals surface area (Å²) in [5, 5.41) is 14.2. The van der Waals surface area contributed by atoms with Crippen LogP contribution < -0.4 is 15.5 Å². The molecule has 1 aromatic heterocycles. The summed E-state index contributed by atoms with van der Waals surface area (Å²) in [4.78, 5) is 38.3. The van der Waals surface area contributed by atoms with Crippen molar-refractivity contribution in [3.05, 3.63) is 35.5 Å². The number of benzene rings is 1. The topological polar surface area (TPSA) is 129 Å². The van der Waals surface area contributed by atoms with Gasteiger partial charge in [0, 0.05) is 29.9 Å². The molecule has 0 unspecified atom stereocenters. The molecule has 36 heavy (non-hydrogen) atoms. The van der Waals surface area contributed by atoms with Gasteiger partial charge in [-0.2, -0.15) is 0 Å². The number of carbonyl (C=O) groups excluding carboxylic acids is 2. The number of nitrogens with zero attached hydrogens (tertiary/aromatic N) is 4. The third kappa shape index (κ3) is 6.03. The van der Waals surface area contributed by atoms with Gasteiger partial charge in [-0.3, -0.25) is 4.90 Å². The molecule has 0 radical (unpaired) electrons. The molecule has 2 aliphatic heterocycles. The summed E-state index contributed by atoms with van der Waals surface area (Å²) in [5.74, 6) is 0.608. The molecule has 1 aromatic carbocycles. The number of fused-ring (bicyclic) bond motifs is 1. The molecule has 1 atom stereocenters. The number of aliphatic hydroxyl groups is 1. The second-order valence-electron chi connectivity index (χ2n) is 9.93. The van der Waals surface area contributed by atoms with Gasteiger partial charge in [0.05, 0.1) is 50.3 Å². The standard InChI is InChI=1S/C25H34N6O5/c1-16-15-35-12-10-31(16)22-28-20-14-30(24(34)36-25(2,3)4)13-19(20)21(29-22)17-5-7-18(8-6-17)27-23(33)26-9-11-32/h5-8,16,32H,9-15H2,1-4H3,(H2,26,27,33)/t16-/m0/s1. The minimum atomic E-state index is -0.596. The molecule has 3 heterocycles. The number of carbonyl (C=O) groups is 2. The Labute approximate surface area is 210 Å². The Morgan fingerprint density at radius 3 is 2.61 bits per heavy atom. The Hall–Kier alpha value is -3.44. The highest BCUT2D eigenvalue weighted by Crippen LogP contribution is 2.34. The SMILES string of the molecule is C[C@H]1COCCN1c1nc2c(c(-c3ccc(NC(=O)NCCO)cc3)n1)CN(C(=O)OC(C)(C)C)C2. The lowest BCUT2D eigenvalue weighted by atomic mass is 10.1. The minimum absolute atomic E-state index is 0.122. The van der Waals surface area contributed by atoms with E-state index in [-0.39, 0.29) is 25.3 Å². The maximum Gasteiger partial charge on any atom is 0.410 e. The lowest BCUT2D eigenvalue weighted by molar-refractivity contribution is 0.0241. The van der Waals surface area contributed by atoms with Crippen LogP contribution in [0.4, 0.5) is 21.2 Å². The largest absolute Gasteiger partial charge is 0.444 e. The molecule has 1 saturated heterocycles. The normalized spacial score (nSPS) is 17.5. The number of morpholine rings is 1. The van der Waals surface area contributed by atoms with Crippen LogP contribution in [-0.4, -0.2) is 76.7 Å². The molecular weight excluding hydrogens is 464 g/mol. The fraction of sp³-hybridized carbons (Fsp3) is 0.520. The molecular formula is C25H34N6O5. The highest BCUT2D eigenvalue weighted by molar-refractivity contribution is 5.89. The Balaban J connectivity index is 1.64. The van der Waals surface area contributed by atoms with Crippen molar-refractivity contribution >= 4 is 23.8 Å². The third-order valence-corrected chi connectivity index (χ3v) is 5.86. The van der Waals surface area contributed by atoms with Gasteiger partial charge in [0.15, 0.2) is 0 Å². The van der Waals surface area contributed by atoms with Crippen LogP contribution in [0.25, 0.3) is 11.3 Å². The van der Waals surface area contributed by atoms with Gasteiger partial charge in [-0.25, -0.2) is 19.6 Å². The fourth-order valence-electron chi connectivity index (χ4n) is 4.15. The lowest BCUT2D eigenvalue weighted by Gasteiger charge is -2.33. The van der Waals surface area contributed by atoms with Crippen molar-refractivity contribution in [2.75, 3.05) is 43.1 Å². The van der Waals surface area contributed by atoms with E-state index in [4.69, 9.17) is 24.5 Å². The van der Waals surface area contributed by atoms with E-state index in [1.807, 2.05) is 32.9 Å². The van der Waals surface area contributed by atoms with Crippen LogP contribution in [-0.2, 0) is 22.6 Å². The van der Waals surface area contributed by atoms with Crippen molar-refractivity contribution in [1.29, 1.82) is 0 Å². The first-order valence-electron chi connectivity index (χ1n) is 12.1. The van der Waals surface area contributed by atoms with Crippen molar-refractivity contribution in [2.45, 2.75) is 52.4 Å². The summed E-state index contributed by atoms with van der Waals surface area (Å²) >= 11 is 0. The number of hydrogen-bond acceptors (Lipinski definition) is 8. The maximum atomic E-state index is 12.8. The number of amides is 3. The summed E-state index contributed by atoms with van der Waals surface area (Å²) in [5.41, 5.74) is 3.29. The highest BCUT2D eigenvalue weighted by atomic mass is 16.6. The van der Waals surface area contributed by atoms with E-state index < -0.39 is 11.6 Å². The van der Waals surface area contributed by atoms with Gasteiger partial charge in [-0.15, -0.1) is 0 Å². The van der Waals surface area contributed by atoms with E-state index in [0.717, 1.165) is 22.5 Å². The molecule has 3 amide bonds. The average molecular weight is 499 g/mol. The summed E-state index contributed by atoms with van der Waals surface area (Å²) < 4.78 is 11.2. The van der Waals surface area contributed by atoms with E-state index >= 15 is 0 Å². The number of urea groups is 1.